The number of rotatable bonds is 7. The largest absolute Gasteiger partial charge is 0.489 e. The molecule has 3 aromatic rings. The van der Waals surface area contributed by atoms with Crippen molar-refractivity contribution < 1.29 is 19.2 Å². The highest BCUT2D eigenvalue weighted by molar-refractivity contribution is 5.91. The third-order valence-corrected chi connectivity index (χ3v) is 3.62. The molecule has 6 nitrogen and oxygen atoms in total. The van der Waals surface area contributed by atoms with Crippen LogP contribution in [0.5, 0.6) is 5.75 Å². The van der Waals surface area contributed by atoms with E-state index in [1.165, 1.54) is 12.3 Å². The number of ether oxygens (including phenoxy) is 1. The molecule has 1 atom stereocenters. The topological polar surface area (TPSA) is 84.6 Å². The van der Waals surface area contributed by atoms with Gasteiger partial charge in [-0.25, -0.2) is 0 Å². The lowest BCUT2D eigenvalue weighted by Crippen LogP contribution is -2.28. The van der Waals surface area contributed by atoms with Crippen molar-refractivity contribution >= 4 is 5.91 Å². The zero-order chi connectivity index (χ0) is 17.5. The van der Waals surface area contributed by atoms with E-state index in [0.29, 0.717) is 17.9 Å². The minimum Gasteiger partial charge on any atom is -0.489 e. The second kappa shape index (κ2) is 8.12. The Morgan fingerprint density at radius 2 is 2.00 bits per heavy atom. The molecule has 2 aromatic carbocycles. The average Bonchev–Trinajstić information content (AvgIpc) is 3.20. The molecule has 3 rings (SSSR count). The minimum atomic E-state index is -0.851. The molecule has 0 aliphatic carbocycles. The molecule has 0 aliphatic rings. The first kappa shape index (κ1) is 16.7. The van der Waals surface area contributed by atoms with Crippen LogP contribution in [0.3, 0.4) is 0 Å². The Bertz CT molecular complexity index is 803. The van der Waals surface area contributed by atoms with Crippen molar-refractivity contribution in [1.29, 1.82) is 0 Å². The number of aliphatic hydroxyl groups excluding tert-OH is 1. The lowest BCUT2D eigenvalue weighted by Gasteiger charge is -2.13. The smallest absolute Gasteiger partial charge is 0.273 e. The molecule has 0 fully saturated rings. The highest BCUT2D eigenvalue weighted by Crippen LogP contribution is 2.20. The van der Waals surface area contributed by atoms with Crippen molar-refractivity contribution in [2.24, 2.45) is 0 Å². The maximum absolute atomic E-state index is 11.8. The highest BCUT2D eigenvalue weighted by atomic mass is 16.5. The van der Waals surface area contributed by atoms with Crippen molar-refractivity contribution in [1.82, 2.24) is 10.5 Å². The quantitative estimate of drug-likeness (QED) is 0.692. The Hall–Kier alpha value is -3.12. The molecule has 0 radical (unpaired) electrons. The number of carbonyl (C=O) groups is 1. The zero-order valence-electron chi connectivity index (χ0n) is 13.5. The lowest BCUT2D eigenvalue weighted by molar-refractivity contribution is 0.0907. The van der Waals surface area contributed by atoms with Gasteiger partial charge < -0.3 is 19.7 Å². The monoisotopic (exact) mass is 338 g/mol. The second-order valence-electron chi connectivity index (χ2n) is 5.46. The van der Waals surface area contributed by atoms with Crippen molar-refractivity contribution in [3.8, 4) is 5.75 Å². The molecule has 0 saturated carbocycles. The van der Waals surface area contributed by atoms with E-state index in [4.69, 9.17) is 4.74 Å². The molecule has 0 bridgehead atoms. The Morgan fingerprint density at radius 3 is 2.76 bits per heavy atom. The standard InChI is InChI=1S/C19H18N2O4/c22-18(12-20-19(23)17-9-10-25-21-17)15-7-4-8-16(11-15)24-13-14-5-2-1-3-6-14/h1-11,18,22H,12-13H2,(H,20,23). The fraction of sp³-hybridized carbons (Fsp3) is 0.158. The first-order valence-electron chi connectivity index (χ1n) is 7.86. The molecule has 6 heteroatoms. The Balaban J connectivity index is 1.55. The summed E-state index contributed by atoms with van der Waals surface area (Å²) in [5.74, 6) is 0.257. The predicted octanol–water partition coefficient (Wildman–Crippen LogP) is 2.72. The van der Waals surface area contributed by atoms with Gasteiger partial charge in [0, 0.05) is 12.6 Å². The van der Waals surface area contributed by atoms with Crippen LogP contribution in [0, 0.1) is 0 Å². The Morgan fingerprint density at radius 1 is 1.16 bits per heavy atom. The number of nitrogens with one attached hydrogen (secondary N) is 1. The summed E-state index contributed by atoms with van der Waals surface area (Å²) in [6.07, 6.45) is 0.468. The molecule has 0 spiro atoms. The SMILES string of the molecule is O=C(NCC(O)c1cccc(OCc2ccccc2)c1)c1ccon1. The van der Waals surface area contributed by atoms with Crippen molar-refractivity contribution in [2.75, 3.05) is 6.54 Å². The van der Waals surface area contributed by atoms with E-state index >= 15 is 0 Å². The normalized spacial score (nSPS) is 11.7. The Kier molecular flexibility index (Phi) is 5.43. The van der Waals surface area contributed by atoms with Gasteiger partial charge in [0.1, 0.15) is 18.6 Å². The number of nitrogens with zero attached hydrogens (tertiary/aromatic N) is 1. The summed E-state index contributed by atoms with van der Waals surface area (Å²) >= 11 is 0. The summed E-state index contributed by atoms with van der Waals surface area (Å²) in [5.41, 5.74) is 1.89. The van der Waals surface area contributed by atoms with Gasteiger partial charge >= 0.3 is 0 Å². The number of aliphatic hydroxyl groups is 1. The first-order valence-corrected chi connectivity index (χ1v) is 7.86. The van der Waals surface area contributed by atoms with E-state index in [-0.39, 0.29) is 12.2 Å². The van der Waals surface area contributed by atoms with Gasteiger partial charge in [0.15, 0.2) is 5.69 Å². The third-order valence-electron chi connectivity index (χ3n) is 3.62. The summed E-state index contributed by atoms with van der Waals surface area (Å²) in [6.45, 7) is 0.511. The molecule has 0 saturated heterocycles. The summed E-state index contributed by atoms with van der Waals surface area (Å²) in [5, 5.41) is 16.4. The van der Waals surface area contributed by atoms with Crippen LogP contribution in [-0.4, -0.2) is 22.7 Å². The predicted molar refractivity (Wildman–Crippen MR) is 91.0 cm³/mol. The van der Waals surface area contributed by atoms with Gasteiger partial charge in [-0.2, -0.15) is 0 Å². The first-order chi connectivity index (χ1) is 12.2. The van der Waals surface area contributed by atoms with Crippen molar-refractivity contribution in [2.45, 2.75) is 12.7 Å². The third kappa shape index (κ3) is 4.68. The second-order valence-corrected chi connectivity index (χ2v) is 5.46. The van der Waals surface area contributed by atoms with Crippen LogP contribution in [0.15, 0.2) is 71.4 Å². The molecular weight excluding hydrogens is 320 g/mol. The molecule has 0 aliphatic heterocycles. The van der Waals surface area contributed by atoms with Gasteiger partial charge in [-0.3, -0.25) is 4.79 Å². The van der Waals surface area contributed by atoms with Crippen LogP contribution in [-0.2, 0) is 6.61 Å². The van der Waals surface area contributed by atoms with E-state index in [0.717, 1.165) is 5.56 Å². The molecule has 128 valence electrons. The van der Waals surface area contributed by atoms with Crippen LogP contribution in [0.25, 0.3) is 0 Å². The van der Waals surface area contributed by atoms with Crippen molar-refractivity contribution in [3.05, 3.63) is 83.7 Å². The van der Waals surface area contributed by atoms with Gasteiger partial charge in [-0.15, -0.1) is 0 Å². The van der Waals surface area contributed by atoms with E-state index < -0.39 is 12.0 Å². The van der Waals surface area contributed by atoms with Crippen LogP contribution in [0.1, 0.15) is 27.7 Å². The average molecular weight is 338 g/mol. The zero-order valence-corrected chi connectivity index (χ0v) is 13.5. The summed E-state index contributed by atoms with van der Waals surface area (Å²) < 4.78 is 10.4. The summed E-state index contributed by atoms with van der Waals surface area (Å²) in [7, 11) is 0. The van der Waals surface area contributed by atoms with E-state index in [1.54, 1.807) is 18.2 Å². The number of hydrogen-bond acceptors (Lipinski definition) is 5. The van der Waals surface area contributed by atoms with Crippen LogP contribution in [0.4, 0.5) is 0 Å². The molecule has 25 heavy (non-hydrogen) atoms. The van der Waals surface area contributed by atoms with Crippen LogP contribution >= 0.6 is 0 Å². The van der Waals surface area contributed by atoms with E-state index in [9.17, 15) is 9.90 Å². The van der Waals surface area contributed by atoms with Gasteiger partial charge in [0.2, 0.25) is 0 Å². The maximum Gasteiger partial charge on any atom is 0.273 e. The highest BCUT2D eigenvalue weighted by Gasteiger charge is 2.13. The van der Waals surface area contributed by atoms with Gasteiger partial charge in [-0.1, -0.05) is 47.6 Å². The van der Waals surface area contributed by atoms with Crippen molar-refractivity contribution in [3.63, 3.8) is 0 Å². The van der Waals surface area contributed by atoms with Crippen LogP contribution < -0.4 is 10.1 Å². The Labute approximate surface area is 145 Å². The maximum atomic E-state index is 11.8. The van der Waals surface area contributed by atoms with Gasteiger partial charge in [0.25, 0.3) is 5.91 Å². The minimum absolute atomic E-state index is 0.0633. The molecule has 2 N–H and O–H groups in total. The molecular formula is C19H18N2O4. The van der Waals surface area contributed by atoms with Crippen LogP contribution in [0.2, 0.25) is 0 Å². The number of amides is 1. The number of carbonyl (C=O) groups excluding carboxylic acids is 1. The molecule has 1 amide bonds. The number of aromatic nitrogens is 1. The van der Waals surface area contributed by atoms with E-state index in [2.05, 4.69) is 15.0 Å². The number of hydrogen-bond donors (Lipinski definition) is 2. The molecule has 1 heterocycles. The lowest BCUT2D eigenvalue weighted by atomic mass is 10.1. The molecule has 1 aromatic heterocycles. The van der Waals surface area contributed by atoms with Gasteiger partial charge in [0.05, 0.1) is 6.10 Å². The van der Waals surface area contributed by atoms with Gasteiger partial charge in [-0.05, 0) is 23.3 Å². The van der Waals surface area contributed by atoms with E-state index in [1.807, 2.05) is 36.4 Å². The fourth-order valence-corrected chi connectivity index (χ4v) is 2.28. The molecule has 1 unspecified atom stereocenters. The summed E-state index contributed by atoms with van der Waals surface area (Å²) in [6, 6.07) is 18.5. The summed E-state index contributed by atoms with van der Waals surface area (Å²) in [4.78, 5) is 11.8. The number of benzene rings is 2. The fourth-order valence-electron chi connectivity index (χ4n) is 2.28.